The van der Waals surface area contributed by atoms with Crippen molar-refractivity contribution < 1.29 is 24.3 Å². The third kappa shape index (κ3) is 8.52. The Labute approximate surface area is 170 Å². The number of likely N-dealkylation sites (tertiary alicyclic amines) is 1. The van der Waals surface area contributed by atoms with Crippen molar-refractivity contribution >= 4 is 41.0 Å². The van der Waals surface area contributed by atoms with Crippen LogP contribution in [0.25, 0.3) is 0 Å². The zero-order valence-electron chi connectivity index (χ0n) is 16.9. The highest BCUT2D eigenvalue weighted by atomic mass is 32.2. The van der Waals surface area contributed by atoms with E-state index in [0.717, 1.165) is 0 Å². The largest absolute Gasteiger partial charge is 0.396 e. The van der Waals surface area contributed by atoms with Crippen molar-refractivity contribution in [2.24, 2.45) is 11.0 Å². The van der Waals surface area contributed by atoms with Crippen molar-refractivity contribution in [3.8, 4) is 0 Å². The molecule has 0 saturated carbocycles. The Morgan fingerprint density at radius 2 is 2.00 bits per heavy atom. The summed E-state index contributed by atoms with van der Waals surface area (Å²) < 4.78 is 0. The summed E-state index contributed by atoms with van der Waals surface area (Å²) in [5.74, 6) is -0.0939. The first-order chi connectivity index (χ1) is 13.3. The molecule has 0 bridgehead atoms. The van der Waals surface area contributed by atoms with Gasteiger partial charge in [-0.1, -0.05) is 20.3 Å². The molecule has 0 aromatic carbocycles. The van der Waals surface area contributed by atoms with Gasteiger partial charge in [0.25, 0.3) is 0 Å². The second-order valence-electron chi connectivity index (χ2n) is 7.16. The van der Waals surface area contributed by atoms with Crippen molar-refractivity contribution in [1.82, 2.24) is 10.3 Å². The summed E-state index contributed by atoms with van der Waals surface area (Å²) in [6.07, 6.45) is 2.72. The lowest BCUT2D eigenvalue weighted by atomic mass is 10.0. The molecule has 0 aromatic heterocycles. The van der Waals surface area contributed by atoms with Crippen LogP contribution < -0.4 is 5.43 Å². The van der Waals surface area contributed by atoms with Gasteiger partial charge in [0, 0.05) is 43.2 Å². The smallest absolute Gasteiger partial charge is 0.242 e. The molecule has 1 unspecified atom stereocenters. The van der Waals surface area contributed by atoms with E-state index in [0.29, 0.717) is 43.7 Å². The predicted octanol–water partition coefficient (Wildman–Crippen LogP) is 1.51. The second-order valence-corrected chi connectivity index (χ2v) is 8.47. The average Bonchev–Trinajstić information content (AvgIpc) is 2.91. The molecule has 28 heavy (non-hydrogen) atoms. The lowest BCUT2D eigenvalue weighted by Gasteiger charge is -2.14. The number of carbonyl (C=O) groups is 4. The van der Waals surface area contributed by atoms with Crippen LogP contribution in [-0.2, 0) is 19.2 Å². The highest BCUT2D eigenvalue weighted by Gasteiger charge is 2.38. The van der Waals surface area contributed by atoms with Crippen LogP contribution in [0.5, 0.6) is 0 Å². The van der Waals surface area contributed by atoms with E-state index in [1.807, 2.05) is 13.8 Å². The summed E-state index contributed by atoms with van der Waals surface area (Å²) in [6, 6.07) is 0. The van der Waals surface area contributed by atoms with E-state index in [2.05, 4.69) is 10.5 Å². The van der Waals surface area contributed by atoms with Crippen LogP contribution in [0.4, 0.5) is 0 Å². The van der Waals surface area contributed by atoms with E-state index in [1.54, 1.807) is 6.92 Å². The van der Waals surface area contributed by atoms with E-state index in [1.165, 1.54) is 16.7 Å². The molecular formula is C19H31N3O5S. The Morgan fingerprint density at radius 1 is 1.29 bits per heavy atom. The van der Waals surface area contributed by atoms with Crippen LogP contribution in [0.3, 0.4) is 0 Å². The Bertz CT molecular complexity index is 606. The maximum Gasteiger partial charge on any atom is 0.242 e. The quantitative estimate of drug-likeness (QED) is 0.205. The monoisotopic (exact) mass is 413 g/mol. The molecule has 1 aliphatic heterocycles. The lowest BCUT2D eigenvalue weighted by molar-refractivity contribution is -0.138. The fraction of sp³-hybridized carbons (Fsp3) is 0.737. The number of thioether (sulfide) groups is 1. The first kappa shape index (κ1) is 24.3. The summed E-state index contributed by atoms with van der Waals surface area (Å²) >= 11 is 1.31. The molecule has 1 rings (SSSR count). The number of unbranched alkanes of at least 4 members (excludes halogenated alkanes) is 2. The number of Topliss-reactive ketones (excluding diaryl/α,β-unsaturated/α-hetero) is 1. The van der Waals surface area contributed by atoms with Crippen LogP contribution in [-0.4, -0.2) is 63.4 Å². The maximum atomic E-state index is 12.2. The van der Waals surface area contributed by atoms with Gasteiger partial charge < -0.3 is 5.11 Å². The normalized spacial score (nSPS) is 17.5. The van der Waals surface area contributed by atoms with E-state index < -0.39 is 0 Å². The Hall–Kier alpha value is -1.74. The highest BCUT2D eigenvalue weighted by molar-refractivity contribution is 8.00. The van der Waals surface area contributed by atoms with E-state index in [9.17, 15) is 19.2 Å². The van der Waals surface area contributed by atoms with Crippen molar-refractivity contribution in [1.29, 1.82) is 0 Å². The molecule has 1 saturated heterocycles. The van der Waals surface area contributed by atoms with Gasteiger partial charge in [-0.25, -0.2) is 5.43 Å². The molecule has 1 atom stereocenters. The number of nitrogens with zero attached hydrogens (tertiary/aromatic N) is 2. The van der Waals surface area contributed by atoms with Gasteiger partial charge in [-0.15, -0.1) is 11.8 Å². The number of nitrogens with one attached hydrogen (secondary N) is 1. The molecule has 0 aliphatic carbocycles. The molecule has 0 spiro atoms. The van der Waals surface area contributed by atoms with Gasteiger partial charge in [0.2, 0.25) is 17.7 Å². The van der Waals surface area contributed by atoms with Crippen molar-refractivity contribution in [2.75, 3.05) is 18.9 Å². The van der Waals surface area contributed by atoms with Gasteiger partial charge in [0.05, 0.1) is 11.9 Å². The Kier molecular flexibility index (Phi) is 11.0. The van der Waals surface area contributed by atoms with Crippen molar-refractivity contribution in [3.05, 3.63) is 0 Å². The number of ketones is 1. The van der Waals surface area contributed by atoms with Crippen LogP contribution in [0, 0.1) is 5.92 Å². The van der Waals surface area contributed by atoms with Gasteiger partial charge in [0.1, 0.15) is 5.78 Å². The van der Waals surface area contributed by atoms with Crippen LogP contribution >= 0.6 is 11.8 Å². The van der Waals surface area contributed by atoms with Crippen LogP contribution in [0.2, 0.25) is 0 Å². The maximum absolute atomic E-state index is 12.2. The molecule has 1 heterocycles. The minimum absolute atomic E-state index is 0.0116. The number of rotatable bonds is 13. The number of aliphatic hydroxyl groups is 1. The van der Waals surface area contributed by atoms with Gasteiger partial charge in [-0.3, -0.25) is 24.1 Å². The summed E-state index contributed by atoms with van der Waals surface area (Å²) in [6.45, 7) is 5.71. The van der Waals surface area contributed by atoms with E-state index in [-0.39, 0.29) is 54.1 Å². The number of hydrogen-bond donors (Lipinski definition) is 2. The molecule has 158 valence electrons. The SMILES string of the molecule is C/C(CC(=O)C(C)C)=N/NC(=O)CCCCCN1C(=O)CC(SCCO)C1=O. The van der Waals surface area contributed by atoms with Gasteiger partial charge in [-0.05, 0) is 19.8 Å². The summed E-state index contributed by atoms with van der Waals surface area (Å²) in [7, 11) is 0. The molecular weight excluding hydrogens is 382 g/mol. The van der Waals surface area contributed by atoms with Gasteiger partial charge >= 0.3 is 0 Å². The van der Waals surface area contributed by atoms with Crippen molar-refractivity contribution in [3.63, 3.8) is 0 Å². The van der Waals surface area contributed by atoms with E-state index >= 15 is 0 Å². The first-order valence-electron chi connectivity index (χ1n) is 9.67. The minimum Gasteiger partial charge on any atom is -0.396 e. The Morgan fingerprint density at radius 3 is 2.64 bits per heavy atom. The third-order valence-electron chi connectivity index (χ3n) is 4.34. The number of carbonyl (C=O) groups excluding carboxylic acids is 4. The first-order valence-corrected chi connectivity index (χ1v) is 10.7. The second kappa shape index (κ2) is 12.7. The molecule has 0 radical (unpaired) electrons. The summed E-state index contributed by atoms with van der Waals surface area (Å²) in [5, 5.41) is 12.4. The van der Waals surface area contributed by atoms with Gasteiger partial charge in [-0.2, -0.15) is 5.10 Å². The average molecular weight is 414 g/mol. The van der Waals surface area contributed by atoms with Gasteiger partial charge in [0.15, 0.2) is 0 Å². The summed E-state index contributed by atoms with van der Waals surface area (Å²) in [4.78, 5) is 48.8. The molecule has 9 heteroatoms. The molecule has 2 N–H and O–H groups in total. The third-order valence-corrected chi connectivity index (χ3v) is 5.53. The summed E-state index contributed by atoms with van der Waals surface area (Å²) in [5.41, 5.74) is 3.03. The lowest BCUT2D eigenvalue weighted by Crippen LogP contribution is -2.32. The number of imide groups is 1. The molecule has 8 nitrogen and oxygen atoms in total. The van der Waals surface area contributed by atoms with Crippen molar-refractivity contribution in [2.45, 2.75) is 64.5 Å². The number of hydrogen-bond acceptors (Lipinski definition) is 7. The molecule has 0 aromatic rings. The fourth-order valence-corrected chi connectivity index (χ4v) is 3.57. The van der Waals surface area contributed by atoms with Crippen LogP contribution in [0.1, 0.15) is 59.3 Å². The molecule has 1 aliphatic rings. The zero-order chi connectivity index (χ0) is 21.1. The minimum atomic E-state index is -0.380. The standard InChI is InChI=1S/C19H31N3O5S/c1-13(2)15(24)11-14(3)20-21-17(25)7-5-4-6-8-22-18(26)12-16(19(22)27)28-10-9-23/h13,16,23H,4-12H2,1-3H3,(H,21,25)/b20-14-. The zero-order valence-corrected chi connectivity index (χ0v) is 17.7. The van der Waals surface area contributed by atoms with Crippen LogP contribution in [0.15, 0.2) is 5.10 Å². The highest BCUT2D eigenvalue weighted by Crippen LogP contribution is 2.25. The Balaban J connectivity index is 2.21. The number of amides is 3. The molecule has 1 fully saturated rings. The van der Waals surface area contributed by atoms with E-state index in [4.69, 9.17) is 5.11 Å². The number of hydrazone groups is 1. The topological polar surface area (TPSA) is 116 Å². The fourth-order valence-electron chi connectivity index (χ4n) is 2.65. The predicted molar refractivity (Wildman–Crippen MR) is 109 cm³/mol. The molecule has 3 amide bonds. The number of aliphatic hydroxyl groups excluding tert-OH is 1.